The van der Waals surface area contributed by atoms with Crippen LogP contribution in [0.1, 0.15) is 6.42 Å². The van der Waals surface area contributed by atoms with Gasteiger partial charge in [0.25, 0.3) is 11.5 Å². The van der Waals surface area contributed by atoms with E-state index in [4.69, 9.17) is 11.6 Å². The Morgan fingerprint density at radius 3 is 2.47 bits per heavy atom. The zero-order valence-corrected chi connectivity index (χ0v) is 16.3. The summed E-state index contributed by atoms with van der Waals surface area (Å²) >= 11 is 5.76. The summed E-state index contributed by atoms with van der Waals surface area (Å²) in [6, 6.07) is 14.6. The molecule has 0 fully saturated rings. The second kappa shape index (κ2) is 9.34. The van der Waals surface area contributed by atoms with Crippen LogP contribution in [0.15, 0.2) is 71.7 Å². The van der Waals surface area contributed by atoms with Crippen LogP contribution in [0.5, 0.6) is 0 Å². The monoisotopic (exact) mass is 429 g/mol. The molecule has 3 aromatic rings. The molecule has 9 heteroatoms. The molecule has 2 aromatic carbocycles. The molecule has 0 radical (unpaired) electrons. The first-order chi connectivity index (χ1) is 14.3. The third kappa shape index (κ3) is 5.31. The molecule has 1 aromatic heterocycles. The highest BCUT2D eigenvalue weighted by Crippen LogP contribution is 2.18. The third-order valence-electron chi connectivity index (χ3n) is 4.12. The summed E-state index contributed by atoms with van der Waals surface area (Å²) in [6.45, 7) is 0. The number of anilines is 2. The van der Waals surface area contributed by atoms with E-state index in [1.165, 1.54) is 29.0 Å². The number of halogens is 2. The van der Waals surface area contributed by atoms with Crippen LogP contribution in [-0.2, 0) is 9.59 Å². The summed E-state index contributed by atoms with van der Waals surface area (Å²) in [6.07, 6.45) is -0.713. The van der Waals surface area contributed by atoms with Crippen LogP contribution in [0.4, 0.5) is 15.8 Å². The van der Waals surface area contributed by atoms with E-state index in [9.17, 15) is 23.9 Å². The van der Waals surface area contributed by atoms with Crippen molar-refractivity contribution in [3.63, 3.8) is 0 Å². The van der Waals surface area contributed by atoms with E-state index in [-0.39, 0.29) is 11.2 Å². The molecule has 0 saturated carbocycles. The lowest BCUT2D eigenvalue weighted by Crippen LogP contribution is -2.31. The van der Waals surface area contributed by atoms with E-state index < -0.39 is 30.2 Å². The average molecular weight is 430 g/mol. The van der Waals surface area contributed by atoms with Crippen molar-refractivity contribution in [2.45, 2.75) is 12.5 Å². The van der Waals surface area contributed by atoms with Crippen molar-refractivity contribution in [3.8, 4) is 5.69 Å². The van der Waals surface area contributed by atoms with Crippen molar-refractivity contribution in [2.24, 2.45) is 0 Å². The van der Waals surface area contributed by atoms with E-state index in [1.807, 2.05) is 0 Å². The topological polar surface area (TPSA) is 100 Å². The molecule has 0 aliphatic heterocycles. The molecule has 3 rings (SSSR count). The highest BCUT2D eigenvalue weighted by atomic mass is 35.5. The van der Waals surface area contributed by atoms with Crippen molar-refractivity contribution in [3.05, 3.63) is 88.1 Å². The van der Waals surface area contributed by atoms with E-state index >= 15 is 0 Å². The second-order valence-electron chi connectivity index (χ2n) is 6.34. The molecule has 0 spiro atoms. The number of rotatable bonds is 6. The van der Waals surface area contributed by atoms with Crippen LogP contribution in [0, 0.1) is 5.82 Å². The number of carbonyl (C=O) groups excluding carboxylic acids is 2. The number of aliphatic hydroxyl groups excluding tert-OH is 1. The first kappa shape index (κ1) is 21.2. The molecular formula is C21H17ClFN3O4. The van der Waals surface area contributed by atoms with Gasteiger partial charge >= 0.3 is 0 Å². The van der Waals surface area contributed by atoms with Crippen LogP contribution < -0.4 is 16.2 Å². The molecule has 0 aliphatic carbocycles. The van der Waals surface area contributed by atoms with Crippen molar-refractivity contribution in [1.82, 2.24) is 4.57 Å². The van der Waals surface area contributed by atoms with E-state index in [2.05, 4.69) is 10.6 Å². The fraction of sp³-hybridized carbons (Fsp3) is 0.0952. The summed E-state index contributed by atoms with van der Waals surface area (Å²) < 4.78 is 15.6. The maximum Gasteiger partial charge on any atom is 0.255 e. The van der Waals surface area contributed by atoms with Gasteiger partial charge in [0.1, 0.15) is 11.9 Å². The zero-order chi connectivity index (χ0) is 21.7. The maximum atomic E-state index is 14.4. The molecular weight excluding hydrogens is 413 g/mol. The van der Waals surface area contributed by atoms with Gasteiger partial charge in [0, 0.05) is 29.0 Å². The standard InChI is InChI=1S/C21H17ClFN3O4/c22-13-4-6-14(7-5-13)24-21(30)18(27)12-19(28)25-17-9-8-15(11-16(17)23)26-10-2-1-3-20(26)29/h1-11,18,27H,12H2,(H,24,30)(H,25,28). The van der Waals surface area contributed by atoms with Gasteiger partial charge in [-0.05, 0) is 42.5 Å². The SMILES string of the molecule is O=C(CC(O)C(=O)Nc1ccc(Cl)cc1)Nc1ccc(-n2ccccc2=O)cc1F. The fourth-order valence-corrected chi connectivity index (χ4v) is 2.75. The van der Waals surface area contributed by atoms with Gasteiger partial charge in [-0.3, -0.25) is 19.0 Å². The maximum absolute atomic E-state index is 14.4. The molecule has 0 bridgehead atoms. The molecule has 154 valence electrons. The van der Waals surface area contributed by atoms with Crippen molar-refractivity contribution in [1.29, 1.82) is 0 Å². The molecule has 30 heavy (non-hydrogen) atoms. The predicted molar refractivity (Wildman–Crippen MR) is 111 cm³/mol. The van der Waals surface area contributed by atoms with E-state index in [1.54, 1.807) is 36.4 Å². The van der Waals surface area contributed by atoms with Gasteiger partial charge < -0.3 is 15.7 Å². The molecule has 0 saturated heterocycles. The lowest BCUT2D eigenvalue weighted by atomic mass is 10.2. The van der Waals surface area contributed by atoms with Crippen LogP contribution in [0.3, 0.4) is 0 Å². The summed E-state index contributed by atoms with van der Waals surface area (Å²) in [5.74, 6) is -2.30. The summed E-state index contributed by atoms with van der Waals surface area (Å²) in [5, 5.41) is 15.2. The van der Waals surface area contributed by atoms with Gasteiger partial charge in [0.05, 0.1) is 17.8 Å². The quantitative estimate of drug-likeness (QED) is 0.560. The number of hydrogen-bond acceptors (Lipinski definition) is 4. The van der Waals surface area contributed by atoms with Gasteiger partial charge in [0.15, 0.2) is 0 Å². The molecule has 3 N–H and O–H groups in total. The summed E-state index contributed by atoms with van der Waals surface area (Å²) in [4.78, 5) is 35.9. The summed E-state index contributed by atoms with van der Waals surface area (Å²) in [5.41, 5.74) is 0.224. The summed E-state index contributed by atoms with van der Waals surface area (Å²) in [7, 11) is 0. The number of hydrogen-bond donors (Lipinski definition) is 3. The Bertz CT molecular complexity index is 1130. The Kier molecular flexibility index (Phi) is 6.61. The van der Waals surface area contributed by atoms with Crippen LogP contribution in [-0.4, -0.2) is 27.6 Å². The second-order valence-corrected chi connectivity index (χ2v) is 6.77. The van der Waals surface area contributed by atoms with Gasteiger partial charge in [-0.1, -0.05) is 17.7 Å². The third-order valence-corrected chi connectivity index (χ3v) is 4.37. The van der Waals surface area contributed by atoms with E-state index in [0.717, 1.165) is 6.07 Å². The first-order valence-electron chi connectivity index (χ1n) is 8.85. The molecule has 0 aliphatic rings. The highest BCUT2D eigenvalue weighted by molar-refractivity contribution is 6.30. The van der Waals surface area contributed by atoms with Crippen LogP contribution in [0.25, 0.3) is 5.69 Å². The van der Waals surface area contributed by atoms with Crippen molar-refractivity contribution < 1.29 is 19.1 Å². The highest BCUT2D eigenvalue weighted by Gasteiger charge is 2.20. The zero-order valence-electron chi connectivity index (χ0n) is 15.5. The lowest BCUT2D eigenvalue weighted by Gasteiger charge is -2.13. The molecule has 1 atom stereocenters. The molecule has 2 amide bonds. The lowest BCUT2D eigenvalue weighted by molar-refractivity contribution is -0.128. The number of nitrogens with zero attached hydrogens (tertiary/aromatic N) is 1. The minimum atomic E-state index is -1.63. The Labute approximate surface area is 175 Å². The van der Waals surface area contributed by atoms with Crippen LogP contribution in [0.2, 0.25) is 5.02 Å². The molecule has 7 nitrogen and oxygen atoms in total. The number of benzene rings is 2. The number of nitrogens with one attached hydrogen (secondary N) is 2. The first-order valence-corrected chi connectivity index (χ1v) is 9.23. The van der Waals surface area contributed by atoms with Gasteiger partial charge in [0.2, 0.25) is 5.91 Å². The average Bonchev–Trinajstić information content (AvgIpc) is 2.71. The fourth-order valence-electron chi connectivity index (χ4n) is 2.62. The van der Waals surface area contributed by atoms with Gasteiger partial charge in [-0.25, -0.2) is 4.39 Å². The normalized spacial score (nSPS) is 11.6. The number of aliphatic hydroxyl groups is 1. The Balaban J connectivity index is 1.61. The minimum Gasteiger partial charge on any atom is -0.383 e. The molecule has 1 heterocycles. The Hall–Kier alpha value is -3.49. The molecule has 1 unspecified atom stereocenters. The smallest absolute Gasteiger partial charge is 0.255 e. The van der Waals surface area contributed by atoms with Gasteiger partial charge in [-0.2, -0.15) is 0 Å². The number of pyridine rings is 1. The van der Waals surface area contributed by atoms with Crippen molar-refractivity contribution in [2.75, 3.05) is 10.6 Å². The van der Waals surface area contributed by atoms with E-state index in [0.29, 0.717) is 16.4 Å². The van der Waals surface area contributed by atoms with Gasteiger partial charge in [-0.15, -0.1) is 0 Å². The Morgan fingerprint density at radius 1 is 1.07 bits per heavy atom. The van der Waals surface area contributed by atoms with Crippen LogP contribution >= 0.6 is 11.6 Å². The largest absolute Gasteiger partial charge is 0.383 e. The van der Waals surface area contributed by atoms with Crippen molar-refractivity contribution >= 4 is 34.8 Å². The Morgan fingerprint density at radius 2 is 1.80 bits per heavy atom. The number of carbonyl (C=O) groups is 2. The minimum absolute atomic E-state index is 0.141. The predicted octanol–water partition coefficient (Wildman–Crippen LogP) is 2.96. The number of aromatic nitrogens is 1. The number of amides is 2.